The van der Waals surface area contributed by atoms with Gasteiger partial charge in [-0.2, -0.15) is 0 Å². The standard InChI is InChI=1S/C48H90O3Si/c1-8-10-12-14-16-18-20-22-24-26-28-30-32-34-36-38-40-49-45-42-46(44-47(43-45)51-52(6,7)48(3,4)5)50-41-39-37-35-33-31-29-27-25-23-21-19-17-15-13-11-9-2/h16-19,22-25,45-47H,8-15,20-21,26-44H2,1-7H3. The molecule has 0 spiro atoms. The van der Waals surface area contributed by atoms with Crippen LogP contribution in [-0.2, 0) is 13.9 Å². The molecule has 1 fully saturated rings. The summed E-state index contributed by atoms with van der Waals surface area (Å²) < 4.78 is 20.0. The van der Waals surface area contributed by atoms with Crippen molar-refractivity contribution in [3.8, 4) is 0 Å². The average molecular weight is 743 g/mol. The highest BCUT2D eigenvalue weighted by atomic mass is 28.4. The van der Waals surface area contributed by atoms with E-state index in [1.807, 2.05) is 0 Å². The molecule has 0 aliphatic heterocycles. The maximum atomic E-state index is 6.94. The Morgan fingerprint density at radius 3 is 1.13 bits per heavy atom. The highest BCUT2D eigenvalue weighted by Crippen LogP contribution is 2.39. The topological polar surface area (TPSA) is 27.7 Å². The first kappa shape index (κ1) is 49.1. The van der Waals surface area contributed by atoms with Crippen LogP contribution >= 0.6 is 0 Å². The average Bonchev–Trinajstić information content (AvgIpc) is 3.10. The molecule has 304 valence electrons. The van der Waals surface area contributed by atoms with Gasteiger partial charge in [0.15, 0.2) is 8.32 Å². The number of unbranched alkanes of at least 4 members (excludes halogenated alkanes) is 18. The van der Waals surface area contributed by atoms with E-state index in [1.165, 1.54) is 141 Å². The fourth-order valence-corrected chi connectivity index (χ4v) is 8.19. The van der Waals surface area contributed by atoms with Crippen LogP contribution in [0.15, 0.2) is 48.6 Å². The van der Waals surface area contributed by atoms with Crippen LogP contribution in [-0.4, -0.2) is 39.8 Å². The molecule has 3 nitrogen and oxygen atoms in total. The van der Waals surface area contributed by atoms with Gasteiger partial charge in [0.2, 0.25) is 0 Å². The Bertz CT molecular complexity index is 840. The van der Waals surface area contributed by atoms with Gasteiger partial charge in [0.25, 0.3) is 0 Å². The summed E-state index contributed by atoms with van der Waals surface area (Å²) in [6.07, 6.45) is 53.4. The highest BCUT2D eigenvalue weighted by Gasteiger charge is 2.41. The smallest absolute Gasteiger partial charge is 0.192 e. The Hall–Kier alpha value is -0.943. The second-order valence-corrected chi connectivity index (χ2v) is 22.1. The Morgan fingerprint density at radius 2 is 0.769 bits per heavy atom. The van der Waals surface area contributed by atoms with Crippen LogP contribution in [0, 0.1) is 0 Å². The molecule has 0 amide bonds. The minimum atomic E-state index is -1.83. The monoisotopic (exact) mass is 743 g/mol. The molecule has 2 atom stereocenters. The van der Waals surface area contributed by atoms with E-state index < -0.39 is 8.32 Å². The van der Waals surface area contributed by atoms with E-state index in [-0.39, 0.29) is 23.4 Å². The fraction of sp³-hybridized carbons (Fsp3) is 0.833. The predicted octanol–water partition coefficient (Wildman–Crippen LogP) is 16.0. The van der Waals surface area contributed by atoms with Crippen LogP contribution in [0.2, 0.25) is 18.1 Å². The Balaban J connectivity index is 2.23. The minimum Gasteiger partial charge on any atom is -0.414 e. The van der Waals surface area contributed by atoms with Gasteiger partial charge in [-0.25, -0.2) is 0 Å². The molecule has 1 saturated carbocycles. The Labute approximate surface area is 327 Å². The van der Waals surface area contributed by atoms with Crippen molar-refractivity contribution in [1.82, 2.24) is 0 Å². The van der Waals surface area contributed by atoms with Gasteiger partial charge in [0.05, 0.1) is 12.2 Å². The van der Waals surface area contributed by atoms with Crippen molar-refractivity contribution >= 4 is 8.32 Å². The van der Waals surface area contributed by atoms with E-state index >= 15 is 0 Å². The third-order valence-electron chi connectivity index (χ3n) is 11.2. The van der Waals surface area contributed by atoms with Crippen LogP contribution in [0.1, 0.15) is 208 Å². The molecular formula is C48H90O3Si. The van der Waals surface area contributed by atoms with Crippen LogP contribution in [0.5, 0.6) is 0 Å². The van der Waals surface area contributed by atoms with Gasteiger partial charge in [-0.15, -0.1) is 0 Å². The third kappa shape index (κ3) is 28.5. The number of allylic oxidation sites excluding steroid dienone is 8. The second kappa shape index (κ2) is 33.4. The molecule has 0 aromatic rings. The zero-order chi connectivity index (χ0) is 38.0. The summed E-state index contributed by atoms with van der Waals surface area (Å²) in [5, 5.41) is 0.222. The Morgan fingerprint density at radius 1 is 0.442 bits per heavy atom. The predicted molar refractivity (Wildman–Crippen MR) is 234 cm³/mol. The van der Waals surface area contributed by atoms with Crippen molar-refractivity contribution < 1.29 is 13.9 Å². The molecule has 4 heteroatoms. The van der Waals surface area contributed by atoms with Crippen molar-refractivity contribution in [2.24, 2.45) is 0 Å². The summed E-state index contributed by atoms with van der Waals surface area (Å²) in [6.45, 7) is 18.1. The van der Waals surface area contributed by atoms with Crippen molar-refractivity contribution in [3.63, 3.8) is 0 Å². The summed E-state index contributed by atoms with van der Waals surface area (Å²) in [5.74, 6) is 0. The van der Waals surface area contributed by atoms with Gasteiger partial charge < -0.3 is 13.9 Å². The number of rotatable bonds is 34. The summed E-state index contributed by atoms with van der Waals surface area (Å²) in [4.78, 5) is 0. The highest BCUT2D eigenvalue weighted by molar-refractivity contribution is 6.74. The van der Waals surface area contributed by atoms with E-state index in [0.29, 0.717) is 0 Å². The fourth-order valence-electron chi connectivity index (χ4n) is 6.81. The lowest BCUT2D eigenvalue weighted by molar-refractivity contribution is -0.0800. The van der Waals surface area contributed by atoms with Crippen molar-refractivity contribution in [3.05, 3.63) is 48.6 Å². The maximum absolute atomic E-state index is 6.94. The molecule has 0 bridgehead atoms. The van der Waals surface area contributed by atoms with Gasteiger partial charge in [0, 0.05) is 19.3 Å². The van der Waals surface area contributed by atoms with E-state index in [2.05, 4.69) is 96.3 Å². The molecule has 1 rings (SSSR count). The summed E-state index contributed by atoms with van der Waals surface area (Å²) in [6, 6.07) is 0. The SMILES string of the molecule is CCCCCC=CCC=CCCCCCCCCOC1CC(OCCCCCCCCC=CCC=CCCCCC)CC(O[Si](C)(C)C(C)(C)C)C1. The zero-order valence-corrected chi connectivity index (χ0v) is 37.1. The van der Waals surface area contributed by atoms with Crippen LogP contribution < -0.4 is 0 Å². The van der Waals surface area contributed by atoms with Gasteiger partial charge in [-0.05, 0) is 114 Å². The lowest BCUT2D eigenvalue weighted by Gasteiger charge is -2.43. The molecule has 0 aromatic carbocycles. The number of ether oxygens (including phenoxy) is 2. The minimum absolute atomic E-state index is 0.222. The van der Waals surface area contributed by atoms with Gasteiger partial charge in [0.1, 0.15) is 0 Å². The van der Waals surface area contributed by atoms with E-state index in [9.17, 15) is 0 Å². The van der Waals surface area contributed by atoms with Crippen LogP contribution in [0.3, 0.4) is 0 Å². The molecule has 0 saturated heterocycles. The lowest BCUT2D eigenvalue weighted by atomic mass is 9.92. The van der Waals surface area contributed by atoms with Crippen molar-refractivity contribution in [2.75, 3.05) is 13.2 Å². The van der Waals surface area contributed by atoms with Gasteiger partial charge >= 0.3 is 0 Å². The molecule has 1 aliphatic carbocycles. The molecule has 0 N–H and O–H groups in total. The lowest BCUT2D eigenvalue weighted by Crippen LogP contribution is -2.47. The molecule has 0 heterocycles. The normalized spacial score (nSPS) is 19.0. The second-order valence-electron chi connectivity index (χ2n) is 17.4. The number of hydrogen-bond donors (Lipinski definition) is 0. The Kier molecular flexibility index (Phi) is 31.5. The molecule has 52 heavy (non-hydrogen) atoms. The first-order chi connectivity index (χ1) is 25.2. The summed E-state index contributed by atoms with van der Waals surface area (Å²) in [5.41, 5.74) is 0. The van der Waals surface area contributed by atoms with Crippen molar-refractivity contribution in [1.29, 1.82) is 0 Å². The molecule has 0 radical (unpaired) electrons. The summed E-state index contributed by atoms with van der Waals surface area (Å²) >= 11 is 0. The molecule has 0 aromatic heterocycles. The maximum Gasteiger partial charge on any atom is 0.192 e. The van der Waals surface area contributed by atoms with Crippen molar-refractivity contribution in [2.45, 2.75) is 244 Å². The van der Waals surface area contributed by atoms with E-state index in [1.54, 1.807) is 0 Å². The van der Waals surface area contributed by atoms with E-state index in [4.69, 9.17) is 13.9 Å². The molecular weight excluding hydrogens is 653 g/mol. The molecule has 2 unspecified atom stereocenters. The van der Waals surface area contributed by atoms with Crippen LogP contribution in [0.25, 0.3) is 0 Å². The molecule has 1 aliphatic rings. The van der Waals surface area contributed by atoms with Crippen LogP contribution in [0.4, 0.5) is 0 Å². The first-order valence-electron chi connectivity index (χ1n) is 22.7. The summed E-state index contributed by atoms with van der Waals surface area (Å²) in [7, 11) is -1.83. The van der Waals surface area contributed by atoms with Gasteiger partial charge in [-0.1, -0.05) is 160 Å². The van der Waals surface area contributed by atoms with Gasteiger partial charge in [-0.3, -0.25) is 0 Å². The number of hydrogen-bond acceptors (Lipinski definition) is 3. The largest absolute Gasteiger partial charge is 0.414 e. The third-order valence-corrected chi connectivity index (χ3v) is 15.8. The first-order valence-corrected chi connectivity index (χ1v) is 25.6. The quantitative estimate of drug-likeness (QED) is 0.0373. The van der Waals surface area contributed by atoms with E-state index in [0.717, 1.165) is 45.3 Å². The zero-order valence-electron chi connectivity index (χ0n) is 36.1.